The van der Waals surface area contributed by atoms with Gasteiger partial charge in [0.25, 0.3) is 0 Å². The number of hydrogen-bond donors (Lipinski definition) is 1. The second kappa shape index (κ2) is 5.48. The van der Waals surface area contributed by atoms with Gasteiger partial charge in [-0.1, -0.05) is 0 Å². The van der Waals surface area contributed by atoms with E-state index >= 15 is 0 Å². The molecule has 0 amide bonds. The maximum absolute atomic E-state index is 11.9. The van der Waals surface area contributed by atoms with Crippen LogP contribution in [0, 0.1) is 0 Å². The Morgan fingerprint density at radius 1 is 1.67 bits per heavy atom. The normalized spacial score (nSPS) is 21.5. The lowest BCUT2D eigenvalue weighted by Crippen LogP contribution is -2.44. The highest BCUT2D eigenvalue weighted by atomic mass is 79.9. The molecule has 0 aromatic carbocycles. The zero-order chi connectivity index (χ0) is 10.7. The highest BCUT2D eigenvalue weighted by Gasteiger charge is 2.21. The van der Waals surface area contributed by atoms with E-state index in [9.17, 15) is 4.79 Å². The first kappa shape index (κ1) is 11.6. The summed E-state index contributed by atoms with van der Waals surface area (Å²) in [7, 11) is 0. The van der Waals surface area contributed by atoms with Crippen LogP contribution in [0.2, 0.25) is 0 Å². The molecule has 1 fully saturated rings. The lowest BCUT2D eigenvalue weighted by Gasteiger charge is -2.21. The Kier molecular flexibility index (Phi) is 4.25. The number of rotatable bonds is 3. The number of ketones is 1. The third-order valence-corrected chi connectivity index (χ3v) is 5.32. The molecule has 2 nitrogen and oxygen atoms in total. The van der Waals surface area contributed by atoms with Gasteiger partial charge >= 0.3 is 0 Å². The molecule has 1 saturated heterocycles. The number of thiophene rings is 1. The number of hydrogen-bond acceptors (Lipinski definition) is 4. The van der Waals surface area contributed by atoms with Crippen molar-refractivity contribution in [2.45, 2.75) is 12.5 Å². The van der Waals surface area contributed by atoms with E-state index in [1.54, 1.807) is 11.3 Å². The molecule has 0 spiro atoms. The standard InChI is InChI=1S/C10H12BrNOS2/c11-7-1-3-15-10(7)5-9(13)8-6-14-4-2-12-8/h1,3,8,12H,2,4-6H2. The lowest BCUT2D eigenvalue weighted by molar-refractivity contribution is -0.119. The molecule has 2 rings (SSSR count). The molecule has 1 aliphatic rings. The van der Waals surface area contributed by atoms with Crippen molar-refractivity contribution < 1.29 is 4.79 Å². The van der Waals surface area contributed by atoms with Crippen molar-refractivity contribution in [3.63, 3.8) is 0 Å². The fraction of sp³-hybridized carbons (Fsp3) is 0.500. The Bertz CT molecular complexity index is 347. The van der Waals surface area contributed by atoms with Gasteiger partial charge in [-0.3, -0.25) is 4.79 Å². The maximum Gasteiger partial charge on any atom is 0.155 e. The van der Waals surface area contributed by atoms with Gasteiger partial charge in [0.15, 0.2) is 5.78 Å². The van der Waals surface area contributed by atoms with Crippen molar-refractivity contribution >= 4 is 44.8 Å². The zero-order valence-electron chi connectivity index (χ0n) is 8.16. The number of carbonyl (C=O) groups excluding carboxylic acids is 1. The molecule has 1 aromatic rings. The maximum atomic E-state index is 11.9. The highest BCUT2D eigenvalue weighted by molar-refractivity contribution is 9.10. The molecule has 1 unspecified atom stereocenters. The smallest absolute Gasteiger partial charge is 0.155 e. The molecule has 15 heavy (non-hydrogen) atoms. The Labute approximate surface area is 106 Å². The summed E-state index contributed by atoms with van der Waals surface area (Å²) in [6, 6.07) is 2.05. The van der Waals surface area contributed by atoms with Crippen LogP contribution in [-0.2, 0) is 11.2 Å². The first-order valence-corrected chi connectivity index (χ1v) is 7.66. The fourth-order valence-electron chi connectivity index (χ4n) is 1.50. The summed E-state index contributed by atoms with van der Waals surface area (Å²) in [6.45, 7) is 0.951. The van der Waals surface area contributed by atoms with E-state index in [0.29, 0.717) is 12.2 Å². The van der Waals surface area contributed by atoms with Gasteiger partial charge in [0.05, 0.1) is 6.04 Å². The van der Waals surface area contributed by atoms with Crippen molar-refractivity contribution in [2.24, 2.45) is 0 Å². The monoisotopic (exact) mass is 305 g/mol. The summed E-state index contributed by atoms with van der Waals surface area (Å²) >= 11 is 6.95. The van der Waals surface area contributed by atoms with Crippen LogP contribution in [0.5, 0.6) is 0 Å². The van der Waals surface area contributed by atoms with Crippen LogP contribution < -0.4 is 5.32 Å². The van der Waals surface area contributed by atoms with Crippen molar-refractivity contribution in [1.82, 2.24) is 5.32 Å². The summed E-state index contributed by atoms with van der Waals surface area (Å²) in [5.74, 6) is 2.35. The van der Waals surface area contributed by atoms with Gasteiger partial charge in [-0.05, 0) is 27.4 Å². The molecule has 1 atom stereocenters. The SMILES string of the molecule is O=C(Cc1sccc1Br)C1CSCCN1. The molecule has 1 aliphatic heterocycles. The lowest BCUT2D eigenvalue weighted by atomic mass is 10.1. The molecule has 1 N–H and O–H groups in total. The zero-order valence-corrected chi connectivity index (χ0v) is 11.4. The van der Waals surface area contributed by atoms with Crippen molar-refractivity contribution in [2.75, 3.05) is 18.1 Å². The van der Waals surface area contributed by atoms with Gasteiger partial charge in [0.1, 0.15) is 0 Å². The van der Waals surface area contributed by atoms with Gasteiger partial charge in [0, 0.05) is 33.8 Å². The minimum atomic E-state index is 0.0535. The van der Waals surface area contributed by atoms with Crippen LogP contribution in [0.4, 0.5) is 0 Å². The Morgan fingerprint density at radius 3 is 3.13 bits per heavy atom. The molecule has 82 valence electrons. The summed E-state index contributed by atoms with van der Waals surface area (Å²) in [5, 5.41) is 5.28. The minimum Gasteiger partial charge on any atom is -0.306 e. The van der Waals surface area contributed by atoms with Crippen molar-refractivity contribution in [3.05, 3.63) is 20.8 Å². The summed E-state index contributed by atoms with van der Waals surface area (Å²) in [6.07, 6.45) is 0.552. The van der Waals surface area contributed by atoms with Crippen LogP contribution >= 0.6 is 39.0 Å². The molecule has 2 heterocycles. The number of Topliss-reactive ketones (excluding diaryl/α,β-unsaturated/α-hetero) is 1. The highest BCUT2D eigenvalue weighted by Crippen LogP contribution is 2.24. The van der Waals surface area contributed by atoms with Gasteiger partial charge < -0.3 is 5.32 Å². The van der Waals surface area contributed by atoms with Crippen LogP contribution in [0.15, 0.2) is 15.9 Å². The van der Waals surface area contributed by atoms with E-state index < -0.39 is 0 Å². The molecule has 0 aliphatic carbocycles. The van der Waals surface area contributed by atoms with E-state index in [1.807, 2.05) is 23.2 Å². The molecular formula is C10H12BrNOS2. The minimum absolute atomic E-state index is 0.0535. The van der Waals surface area contributed by atoms with Gasteiger partial charge in [-0.15, -0.1) is 11.3 Å². The van der Waals surface area contributed by atoms with E-state index in [4.69, 9.17) is 0 Å². The van der Waals surface area contributed by atoms with E-state index in [2.05, 4.69) is 21.2 Å². The summed E-state index contributed by atoms with van der Waals surface area (Å²) < 4.78 is 1.06. The largest absolute Gasteiger partial charge is 0.306 e. The van der Waals surface area contributed by atoms with Gasteiger partial charge in [-0.25, -0.2) is 0 Å². The van der Waals surface area contributed by atoms with Crippen LogP contribution in [0.3, 0.4) is 0 Å². The first-order chi connectivity index (χ1) is 7.27. The predicted molar refractivity (Wildman–Crippen MR) is 69.8 cm³/mol. The molecule has 0 radical (unpaired) electrons. The van der Waals surface area contributed by atoms with E-state index in [1.165, 1.54) is 0 Å². The third kappa shape index (κ3) is 3.06. The van der Waals surface area contributed by atoms with Crippen molar-refractivity contribution in [3.8, 4) is 0 Å². The molecule has 0 saturated carbocycles. The van der Waals surface area contributed by atoms with E-state index in [-0.39, 0.29) is 6.04 Å². The number of halogens is 1. The van der Waals surface area contributed by atoms with Gasteiger partial charge in [0.2, 0.25) is 0 Å². The average Bonchev–Trinajstić information content (AvgIpc) is 2.66. The summed E-state index contributed by atoms with van der Waals surface area (Å²) in [4.78, 5) is 13.1. The molecule has 5 heteroatoms. The number of nitrogens with one attached hydrogen (secondary N) is 1. The van der Waals surface area contributed by atoms with E-state index in [0.717, 1.165) is 27.4 Å². The molecule has 1 aromatic heterocycles. The second-order valence-corrected chi connectivity index (χ2v) is 6.42. The van der Waals surface area contributed by atoms with Crippen LogP contribution in [0.1, 0.15) is 4.88 Å². The first-order valence-electron chi connectivity index (χ1n) is 4.83. The van der Waals surface area contributed by atoms with Crippen LogP contribution in [0.25, 0.3) is 0 Å². The van der Waals surface area contributed by atoms with Crippen LogP contribution in [-0.4, -0.2) is 29.9 Å². The Morgan fingerprint density at radius 2 is 2.53 bits per heavy atom. The third-order valence-electron chi connectivity index (χ3n) is 2.34. The summed E-state index contributed by atoms with van der Waals surface area (Å²) in [5.41, 5.74) is 0. The Hall–Kier alpha value is 0.160. The number of carbonyl (C=O) groups is 1. The molecular weight excluding hydrogens is 294 g/mol. The Balaban J connectivity index is 1.94. The van der Waals surface area contributed by atoms with Gasteiger partial charge in [-0.2, -0.15) is 11.8 Å². The fourth-order valence-corrected chi connectivity index (χ4v) is 3.98. The predicted octanol–water partition coefficient (Wildman–Crippen LogP) is 2.33. The quantitative estimate of drug-likeness (QED) is 0.929. The topological polar surface area (TPSA) is 29.1 Å². The number of thioether (sulfide) groups is 1. The molecule has 0 bridgehead atoms. The second-order valence-electron chi connectivity index (χ2n) is 3.42. The average molecular weight is 306 g/mol. The van der Waals surface area contributed by atoms with Crippen molar-refractivity contribution in [1.29, 1.82) is 0 Å².